The molecule has 0 aliphatic carbocycles. The number of hydrogen-bond donors (Lipinski definition) is 10. The largest absolute Gasteiger partial charge is 1.00 e. The Hall–Kier alpha value is 1.34. The van der Waals surface area contributed by atoms with Gasteiger partial charge in [-0.1, -0.05) is 7.43 Å². The average molecular weight is 680 g/mol. The van der Waals surface area contributed by atoms with Crippen LogP contribution in [0, 0.1) is 0 Å². The molecule has 0 aromatic rings. The van der Waals surface area contributed by atoms with Gasteiger partial charge in [-0.15, -0.1) is 0 Å². The van der Waals surface area contributed by atoms with Gasteiger partial charge >= 0.3 is 59.1 Å². The Balaban J connectivity index is -0.000000272. The van der Waals surface area contributed by atoms with E-state index in [1.807, 2.05) is 0 Å². The van der Waals surface area contributed by atoms with Gasteiger partial charge in [0.15, 0.2) is 6.29 Å². The first-order valence-electron chi connectivity index (χ1n) is 11.8. The summed E-state index contributed by atoms with van der Waals surface area (Å²) in [5.41, 5.74) is 4.93. The minimum absolute atomic E-state index is 0. The Morgan fingerprint density at radius 1 is 0.595 bits per heavy atom. The molecule has 0 aromatic heterocycles. The summed E-state index contributed by atoms with van der Waals surface area (Å²) in [6.45, 7) is -0.778. The Morgan fingerprint density at radius 2 is 0.976 bits per heavy atom. The molecule has 0 radical (unpaired) electrons. The summed E-state index contributed by atoms with van der Waals surface area (Å²) >= 11 is 0. The van der Waals surface area contributed by atoms with Crippen LogP contribution >= 0.6 is 0 Å². The fourth-order valence-electron chi connectivity index (χ4n) is 3.38. The molecule has 10 atom stereocenters. The van der Waals surface area contributed by atoms with Crippen LogP contribution in [0.25, 0.3) is 0 Å². The first-order valence-corrected chi connectivity index (χ1v) is 14.9. The molecule has 2 aliphatic heterocycles. The molecule has 0 aromatic carbocycles. The zero-order valence-electron chi connectivity index (χ0n) is 22.8. The van der Waals surface area contributed by atoms with E-state index in [0.717, 1.165) is 0 Å². The zero-order chi connectivity index (χ0) is 30.6. The molecule has 244 valence electrons. The normalized spacial score (nSPS) is 32.8. The van der Waals surface area contributed by atoms with Crippen LogP contribution in [0.3, 0.4) is 0 Å². The number of hydrogen-bond acceptors (Lipinski definition) is 18. The summed E-state index contributed by atoms with van der Waals surface area (Å²) in [5.74, 6) is -0.839. The van der Waals surface area contributed by atoms with Crippen molar-refractivity contribution in [2.45, 2.75) is 94.3 Å². The van der Waals surface area contributed by atoms with E-state index >= 15 is 0 Å². The number of aliphatic hydroxyl groups excluding tert-OH is 9. The van der Waals surface area contributed by atoms with Crippen LogP contribution in [0.2, 0.25) is 0 Å². The third-order valence-electron chi connectivity index (χ3n) is 5.59. The maximum atomic E-state index is 10.4. The number of aliphatic hydroxyl groups is 9. The van der Waals surface area contributed by atoms with Crippen molar-refractivity contribution in [3.05, 3.63) is 0 Å². The van der Waals surface area contributed by atoms with Gasteiger partial charge in [0.2, 0.25) is 0 Å². The standard InChI is InChI=1S/C10H20O8S.C6H12O6.C3H9NO3S.CH4.2Na/c11-5-7-9(13)10(14)8(12)6(18-7)3-1-2-4-19(15,16)17;7-1-2-3(8)4(9)5(10)6(11)12-2;4-2-1-3-8(5,6)7;;;/h6-14H,1-5H2,(H,15,16,17);2-11H,1H2;1-4H2,(H,5,6,7);1H4;;/q;;;;2*+1/p-2/t6?,7-,8+,9-,10-;2-,3-,4+,5-,6+;;;;/m11..../s1. The fourth-order valence-corrected chi connectivity index (χ4v) is 4.46. The van der Waals surface area contributed by atoms with Crippen LogP contribution in [-0.4, -0.2) is 164 Å². The predicted molar refractivity (Wildman–Crippen MR) is 133 cm³/mol. The molecule has 1 unspecified atom stereocenters. The van der Waals surface area contributed by atoms with Gasteiger partial charge in [-0.25, -0.2) is 16.8 Å². The van der Waals surface area contributed by atoms with Crippen LogP contribution in [0.1, 0.15) is 33.1 Å². The van der Waals surface area contributed by atoms with E-state index in [2.05, 4.69) is 4.74 Å². The van der Waals surface area contributed by atoms with Crippen molar-refractivity contribution in [2.75, 3.05) is 31.3 Å². The van der Waals surface area contributed by atoms with E-state index < -0.39 is 100 Å². The molecule has 22 heteroatoms. The van der Waals surface area contributed by atoms with E-state index in [-0.39, 0.29) is 98.1 Å². The van der Waals surface area contributed by atoms with Crippen molar-refractivity contribution in [2.24, 2.45) is 5.73 Å². The third kappa shape index (κ3) is 19.8. The van der Waals surface area contributed by atoms with E-state index in [0.29, 0.717) is 6.42 Å². The molecule has 2 rings (SSSR count). The minimum atomic E-state index is -4.26. The molecule has 0 bridgehead atoms. The van der Waals surface area contributed by atoms with E-state index in [1.54, 1.807) is 0 Å². The van der Waals surface area contributed by atoms with Crippen LogP contribution in [0.4, 0.5) is 0 Å². The van der Waals surface area contributed by atoms with Crippen molar-refractivity contribution in [1.29, 1.82) is 0 Å². The number of unbranched alkanes of at least 4 members (excludes halogenated alkanes) is 1. The number of nitrogens with two attached hydrogens (primary N) is 1. The van der Waals surface area contributed by atoms with E-state index in [9.17, 15) is 41.3 Å². The Labute approximate surface area is 289 Å². The van der Waals surface area contributed by atoms with Crippen molar-refractivity contribution < 1.29 is 140 Å². The molecule has 2 heterocycles. The second kappa shape index (κ2) is 24.5. The topological polar surface area (TPSA) is 341 Å². The average Bonchev–Trinajstić information content (AvgIpc) is 2.85. The summed E-state index contributed by atoms with van der Waals surface area (Å²) in [6, 6.07) is 0. The van der Waals surface area contributed by atoms with Gasteiger partial charge in [0, 0.05) is 11.5 Å². The smallest absolute Gasteiger partial charge is 0.748 e. The van der Waals surface area contributed by atoms with Gasteiger partial charge in [-0.3, -0.25) is 0 Å². The maximum Gasteiger partial charge on any atom is 1.00 e. The summed E-state index contributed by atoms with van der Waals surface area (Å²) < 4.78 is 70.3. The molecule has 42 heavy (non-hydrogen) atoms. The molecular weight excluding hydrogens is 636 g/mol. The second-order valence-electron chi connectivity index (χ2n) is 8.75. The molecule has 0 spiro atoms. The summed E-state index contributed by atoms with van der Waals surface area (Å²) in [7, 11) is -8.27. The minimum Gasteiger partial charge on any atom is -0.748 e. The fraction of sp³-hybridized carbons (Fsp3) is 1.00. The van der Waals surface area contributed by atoms with Gasteiger partial charge in [0.25, 0.3) is 0 Å². The van der Waals surface area contributed by atoms with Crippen molar-refractivity contribution in [3.63, 3.8) is 0 Å². The molecular formula is C20H43NNa2O17S2. The van der Waals surface area contributed by atoms with Crippen LogP contribution < -0.4 is 64.8 Å². The first kappa shape index (κ1) is 50.2. The van der Waals surface area contributed by atoms with Crippen molar-refractivity contribution in [1.82, 2.24) is 0 Å². The van der Waals surface area contributed by atoms with Gasteiger partial charge in [0.05, 0.1) is 39.6 Å². The molecule has 2 fully saturated rings. The Bertz CT molecular complexity index is 881. The molecule has 2 saturated heterocycles. The number of rotatable bonds is 10. The second-order valence-corrected chi connectivity index (χ2v) is 11.8. The van der Waals surface area contributed by atoms with Crippen LogP contribution in [-0.2, 0) is 29.7 Å². The molecule has 11 N–H and O–H groups in total. The SMILES string of the molecule is C.NCCCS(=O)(=O)[O-].O=S(=O)([O-])CCCCC1O[C@H](CO)[C@@H](O)[C@H](O)[C@H]1O.OC[C@H]1O[C@H](O)[C@H](O)[C@@H](O)[C@@H]1O.[Na+].[Na+]. The molecule has 2 aliphatic rings. The summed E-state index contributed by atoms with van der Waals surface area (Å²) in [5, 5.41) is 82.4. The predicted octanol–water partition coefficient (Wildman–Crippen LogP) is -12.2. The molecule has 18 nitrogen and oxygen atoms in total. The first-order chi connectivity index (χ1) is 17.9. The van der Waals surface area contributed by atoms with Gasteiger partial charge in [0.1, 0.15) is 48.8 Å². The maximum absolute atomic E-state index is 10.4. The third-order valence-corrected chi connectivity index (χ3v) is 7.17. The summed E-state index contributed by atoms with van der Waals surface area (Å²) in [6.07, 6.45) is -12.1. The van der Waals surface area contributed by atoms with Crippen LogP contribution in [0.15, 0.2) is 0 Å². The summed E-state index contributed by atoms with van der Waals surface area (Å²) in [4.78, 5) is 0. The molecule has 0 saturated carbocycles. The zero-order valence-corrected chi connectivity index (χ0v) is 28.5. The van der Waals surface area contributed by atoms with Crippen LogP contribution in [0.5, 0.6) is 0 Å². The van der Waals surface area contributed by atoms with Crippen molar-refractivity contribution >= 4 is 20.2 Å². The number of ether oxygens (including phenoxy) is 2. The monoisotopic (exact) mass is 679 g/mol. The quantitative estimate of drug-likeness (QED) is 0.0582. The van der Waals surface area contributed by atoms with Gasteiger partial charge in [-0.2, -0.15) is 0 Å². The van der Waals surface area contributed by atoms with Gasteiger partial charge in [-0.05, 0) is 32.2 Å². The molecule has 0 amide bonds. The Kier molecular flexibility index (Phi) is 29.3. The van der Waals surface area contributed by atoms with Crippen molar-refractivity contribution in [3.8, 4) is 0 Å². The Morgan fingerprint density at radius 3 is 1.36 bits per heavy atom. The van der Waals surface area contributed by atoms with E-state index in [1.165, 1.54) is 0 Å². The van der Waals surface area contributed by atoms with E-state index in [4.69, 9.17) is 41.1 Å². The van der Waals surface area contributed by atoms with Gasteiger partial charge < -0.3 is 70.3 Å².